The predicted molar refractivity (Wildman–Crippen MR) is 68.4 cm³/mol. The Bertz CT molecular complexity index is 442. The van der Waals surface area contributed by atoms with E-state index in [4.69, 9.17) is 0 Å². The monoisotopic (exact) mass is 249 g/mol. The van der Waals surface area contributed by atoms with Crippen LogP contribution in [0.15, 0.2) is 12.3 Å². The SMILES string of the molecule is COC(=O)c1nccc(NCC2(C(C)C)CC2)n1. The third-order valence-corrected chi connectivity index (χ3v) is 3.76. The van der Waals surface area contributed by atoms with Crippen molar-refractivity contribution >= 4 is 11.8 Å². The number of nitrogens with one attached hydrogen (secondary N) is 1. The molecule has 0 unspecified atom stereocenters. The van der Waals surface area contributed by atoms with Gasteiger partial charge in [0.2, 0.25) is 5.82 Å². The molecule has 1 fully saturated rings. The largest absolute Gasteiger partial charge is 0.463 e. The second-order valence-corrected chi connectivity index (χ2v) is 5.13. The van der Waals surface area contributed by atoms with Gasteiger partial charge in [0.1, 0.15) is 5.82 Å². The van der Waals surface area contributed by atoms with Gasteiger partial charge in [0.15, 0.2) is 0 Å². The van der Waals surface area contributed by atoms with E-state index >= 15 is 0 Å². The van der Waals surface area contributed by atoms with Gasteiger partial charge in [-0.3, -0.25) is 0 Å². The lowest BCUT2D eigenvalue weighted by atomic mass is 9.92. The molecule has 18 heavy (non-hydrogen) atoms. The number of methoxy groups -OCH3 is 1. The molecule has 0 amide bonds. The minimum atomic E-state index is -0.511. The van der Waals surface area contributed by atoms with E-state index in [2.05, 4.69) is 33.9 Å². The maximum atomic E-state index is 11.3. The van der Waals surface area contributed by atoms with Crippen LogP contribution in [0.1, 0.15) is 37.3 Å². The summed E-state index contributed by atoms with van der Waals surface area (Å²) >= 11 is 0. The molecular weight excluding hydrogens is 230 g/mol. The van der Waals surface area contributed by atoms with Crippen LogP contribution in [-0.4, -0.2) is 29.6 Å². The minimum absolute atomic E-state index is 0.0943. The van der Waals surface area contributed by atoms with E-state index in [1.54, 1.807) is 12.3 Å². The van der Waals surface area contributed by atoms with Crippen molar-refractivity contribution in [2.45, 2.75) is 26.7 Å². The quantitative estimate of drug-likeness (QED) is 0.810. The molecule has 0 bridgehead atoms. The maximum absolute atomic E-state index is 11.3. The Morgan fingerprint density at radius 2 is 2.28 bits per heavy atom. The smallest absolute Gasteiger partial charge is 0.376 e. The summed E-state index contributed by atoms with van der Waals surface area (Å²) in [5.41, 5.74) is 0.399. The third kappa shape index (κ3) is 2.60. The van der Waals surface area contributed by atoms with E-state index in [0.29, 0.717) is 17.2 Å². The standard InChI is InChI=1S/C13H19N3O2/c1-9(2)13(5-6-13)8-15-10-4-7-14-11(16-10)12(17)18-3/h4,7,9H,5-6,8H2,1-3H3,(H,14,15,16). The molecule has 1 aliphatic rings. The molecule has 1 N–H and O–H groups in total. The minimum Gasteiger partial charge on any atom is -0.463 e. The van der Waals surface area contributed by atoms with Gasteiger partial charge in [-0.05, 0) is 30.2 Å². The molecule has 1 aliphatic carbocycles. The van der Waals surface area contributed by atoms with Crippen LogP contribution < -0.4 is 5.32 Å². The number of aromatic nitrogens is 2. The Labute approximate surface area is 107 Å². The molecule has 0 radical (unpaired) electrons. The van der Waals surface area contributed by atoms with Gasteiger partial charge in [0, 0.05) is 12.7 Å². The zero-order chi connectivity index (χ0) is 13.2. The number of nitrogens with zero attached hydrogens (tertiary/aromatic N) is 2. The maximum Gasteiger partial charge on any atom is 0.376 e. The number of esters is 1. The fourth-order valence-electron chi connectivity index (χ4n) is 2.03. The van der Waals surface area contributed by atoms with Crippen LogP contribution in [0.2, 0.25) is 0 Å². The zero-order valence-electron chi connectivity index (χ0n) is 11.1. The zero-order valence-corrected chi connectivity index (χ0v) is 11.1. The first-order chi connectivity index (χ1) is 8.57. The van der Waals surface area contributed by atoms with Crippen LogP contribution in [-0.2, 0) is 4.74 Å². The van der Waals surface area contributed by atoms with Gasteiger partial charge in [-0.1, -0.05) is 13.8 Å². The van der Waals surface area contributed by atoms with E-state index in [1.807, 2.05) is 0 Å². The molecule has 5 nitrogen and oxygen atoms in total. The first-order valence-corrected chi connectivity index (χ1v) is 6.23. The third-order valence-electron chi connectivity index (χ3n) is 3.76. The summed E-state index contributed by atoms with van der Waals surface area (Å²) in [5, 5.41) is 3.29. The van der Waals surface area contributed by atoms with Crippen molar-refractivity contribution < 1.29 is 9.53 Å². The lowest BCUT2D eigenvalue weighted by Gasteiger charge is -2.20. The van der Waals surface area contributed by atoms with E-state index in [-0.39, 0.29) is 5.82 Å². The second-order valence-electron chi connectivity index (χ2n) is 5.13. The van der Waals surface area contributed by atoms with Crippen LogP contribution in [0.25, 0.3) is 0 Å². The summed E-state index contributed by atoms with van der Waals surface area (Å²) in [4.78, 5) is 19.3. The van der Waals surface area contributed by atoms with Crippen LogP contribution in [0.4, 0.5) is 5.82 Å². The molecule has 0 spiro atoms. The summed E-state index contributed by atoms with van der Waals surface area (Å²) in [5.74, 6) is 0.921. The Kier molecular flexibility index (Phi) is 3.50. The van der Waals surface area contributed by atoms with Crippen LogP contribution in [0.3, 0.4) is 0 Å². The first-order valence-electron chi connectivity index (χ1n) is 6.23. The number of rotatable bonds is 5. The van der Waals surface area contributed by atoms with Gasteiger partial charge in [0.05, 0.1) is 7.11 Å². The molecule has 1 saturated carbocycles. The van der Waals surface area contributed by atoms with Gasteiger partial charge in [-0.25, -0.2) is 14.8 Å². The van der Waals surface area contributed by atoms with Crippen molar-refractivity contribution in [2.75, 3.05) is 19.0 Å². The first kappa shape index (κ1) is 12.8. The highest BCUT2D eigenvalue weighted by molar-refractivity contribution is 5.85. The summed E-state index contributed by atoms with van der Waals surface area (Å²) in [6, 6.07) is 1.77. The van der Waals surface area contributed by atoms with Crippen molar-refractivity contribution in [3.05, 3.63) is 18.1 Å². The Balaban J connectivity index is 2.00. The fraction of sp³-hybridized carbons (Fsp3) is 0.615. The number of anilines is 1. The van der Waals surface area contributed by atoms with Crippen molar-refractivity contribution in [3.63, 3.8) is 0 Å². The Morgan fingerprint density at radius 1 is 1.56 bits per heavy atom. The van der Waals surface area contributed by atoms with Crippen molar-refractivity contribution in [3.8, 4) is 0 Å². The van der Waals surface area contributed by atoms with Gasteiger partial charge in [-0.15, -0.1) is 0 Å². The summed E-state index contributed by atoms with van der Waals surface area (Å²) in [7, 11) is 1.32. The molecule has 1 aromatic heterocycles. The van der Waals surface area contributed by atoms with E-state index < -0.39 is 5.97 Å². The highest BCUT2D eigenvalue weighted by atomic mass is 16.5. The summed E-state index contributed by atoms with van der Waals surface area (Å²) in [6.45, 7) is 5.38. The summed E-state index contributed by atoms with van der Waals surface area (Å²) < 4.78 is 4.60. The molecule has 98 valence electrons. The average Bonchev–Trinajstić information content (AvgIpc) is 3.17. The van der Waals surface area contributed by atoms with E-state index in [1.165, 1.54) is 20.0 Å². The van der Waals surface area contributed by atoms with Gasteiger partial charge in [-0.2, -0.15) is 0 Å². The van der Waals surface area contributed by atoms with Crippen LogP contribution in [0, 0.1) is 11.3 Å². The molecule has 1 heterocycles. The van der Waals surface area contributed by atoms with Crippen LogP contribution in [0.5, 0.6) is 0 Å². The molecule has 1 aromatic rings. The number of hydrogen-bond acceptors (Lipinski definition) is 5. The average molecular weight is 249 g/mol. The molecule has 0 saturated heterocycles. The van der Waals surface area contributed by atoms with Gasteiger partial charge < -0.3 is 10.1 Å². The van der Waals surface area contributed by atoms with E-state index in [0.717, 1.165) is 6.54 Å². The highest BCUT2D eigenvalue weighted by Gasteiger charge is 2.44. The van der Waals surface area contributed by atoms with Crippen LogP contribution >= 0.6 is 0 Å². The number of carbonyl (C=O) groups excluding carboxylic acids is 1. The second kappa shape index (κ2) is 4.92. The normalized spacial score (nSPS) is 16.4. The van der Waals surface area contributed by atoms with Gasteiger partial charge >= 0.3 is 5.97 Å². The molecule has 0 aromatic carbocycles. The van der Waals surface area contributed by atoms with Crippen molar-refractivity contribution in [2.24, 2.45) is 11.3 Å². The van der Waals surface area contributed by atoms with Crippen molar-refractivity contribution in [1.82, 2.24) is 9.97 Å². The topological polar surface area (TPSA) is 64.1 Å². The Hall–Kier alpha value is -1.65. The van der Waals surface area contributed by atoms with E-state index in [9.17, 15) is 4.79 Å². The number of hydrogen-bond donors (Lipinski definition) is 1. The highest BCUT2D eigenvalue weighted by Crippen LogP contribution is 2.51. The number of ether oxygens (including phenoxy) is 1. The molecule has 2 rings (SSSR count). The lowest BCUT2D eigenvalue weighted by molar-refractivity contribution is 0.0587. The molecular formula is C13H19N3O2. The molecule has 0 atom stereocenters. The molecule has 0 aliphatic heterocycles. The fourth-order valence-corrected chi connectivity index (χ4v) is 2.03. The lowest BCUT2D eigenvalue weighted by Crippen LogP contribution is -2.21. The predicted octanol–water partition coefficient (Wildman–Crippen LogP) is 2.11. The van der Waals surface area contributed by atoms with Crippen molar-refractivity contribution in [1.29, 1.82) is 0 Å². The Morgan fingerprint density at radius 3 is 2.83 bits per heavy atom. The van der Waals surface area contributed by atoms with Gasteiger partial charge in [0.25, 0.3) is 0 Å². The molecule has 5 heteroatoms. The number of carbonyl (C=O) groups is 1. The summed E-state index contributed by atoms with van der Waals surface area (Å²) in [6.07, 6.45) is 4.08.